The van der Waals surface area contributed by atoms with Crippen LogP contribution >= 0.6 is 0 Å². The highest BCUT2D eigenvalue weighted by molar-refractivity contribution is 5.90. The molecule has 0 spiro atoms. The van der Waals surface area contributed by atoms with Crippen molar-refractivity contribution < 1.29 is 14.3 Å². The molecule has 0 atom stereocenters. The zero-order chi connectivity index (χ0) is 17.9. The second-order valence-electron chi connectivity index (χ2n) is 5.66. The van der Waals surface area contributed by atoms with Gasteiger partial charge in [0.2, 0.25) is 11.8 Å². The smallest absolute Gasteiger partial charge is 0.224 e. The molecule has 0 fully saturated rings. The molecule has 0 aliphatic carbocycles. The van der Waals surface area contributed by atoms with Crippen molar-refractivity contribution in [3.63, 3.8) is 0 Å². The number of ether oxygens (including phenoxy) is 2. The Hall–Kier alpha value is -2.60. The summed E-state index contributed by atoms with van der Waals surface area (Å²) in [7, 11) is 1.62. The summed E-state index contributed by atoms with van der Waals surface area (Å²) in [6.45, 7) is 0.711. The maximum atomic E-state index is 11.9. The number of anilines is 1. The summed E-state index contributed by atoms with van der Waals surface area (Å²) in [5.41, 5.74) is 6.11. The van der Waals surface area contributed by atoms with Gasteiger partial charge in [-0.3, -0.25) is 4.79 Å². The first-order valence-corrected chi connectivity index (χ1v) is 8.49. The van der Waals surface area contributed by atoms with Gasteiger partial charge in [-0.05, 0) is 49.7 Å². The Bertz CT molecular complexity index is 642. The van der Waals surface area contributed by atoms with Crippen LogP contribution in [-0.4, -0.2) is 24.5 Å². The minimum atomic E-state index is -0.00151. The van der Waals surface area contributed by atoms with E-state index in [2.05, 4.69) is 10.3 Å². The van der Waals surface area contributed by atoms with Crippen LogP contribution in [0.15, 0.2) is 42.6 Å². The average Bonchev–Trinajstić information content (AvgIpc) is 2.64. The van der Waals surface area contributed by atoms with E-state index in [9.17, 15) is 4.79 Å². The third-order valence-corrected chi connectivity index (χ3v) is 3.66. The fourth-order valence-corrected chi connectivity index (χ4v) is 2.29. The predicted octanol–water partition coefficient (Wildman–Crippen LogP) is 3.73. The van der Waals surface area contributed by atoms with Crippen LogP contribution < -0.4 is 20.5 Å². The van der Waals surface area contributed by atoms with Gasteiger partial charge >= 0.3 is 0 Å². The second-order valence-corrected chi connectivity index (χ2v) is 5.66. The van der Waals surface area contributed by atoms with Crippen molar-refractivity contribution in [1.82, 2.24) is 4.98 Å². The summed E-state index contributed by atoms with van der Waals surface area (Å²) in [6.07, 6.45) is 6.08. The normalized spacial score (nSPS) is 10.3. The molecule has 2 aromatic rings. The van der Waals surface area contributed by atoms with Gasteiger partial charge in [0.1, 0.15) is 11.5 Å². The van der Waals surface area contributed by atoms with Crippen LogP contribution in [0, 0.1) is 0 Å². The van der Waals surface area contributed by atoms with Crippen molar-refractivity contribution >= 4 is 11.6 Å². The number of nitrogens with one attached hydrogen (secondary N) is 1. The highest BCUT2D eigenvalue weighted by Gasteiger charge is 2.04. The van der Waals surface area contributed by atoms with Crippen LogP contribution in [0.3, 0.4) is 0 Å². The molecule has 0 aliphatic heterocycles. The minimum absolute atomic E-state index is 0.00151. The van der Waals surface area contributed by atoms with E-state index in [-0.39, 0.29) is 5.91 Å². The molecule has 0 bridgehead atoms. The van der Waals surface area contributed by atoms with E-state index in [1.54, 1.807) is 37.6 Å². The summed E-state index contributed by atoms with van der Waals surface area (Å²) < 4.78 is 10.8. The summed E-state index contributed by atoms with van der Waals surface area (Å²) in [5, 5.41) is 2.84. The third kappa shape index (κ3) is 6.81. The average molecular weight is 343 g/mol. The Kier molecular flexibility index (Phi) is 7.72. The number of hydrogen-bond acceptors (Lipinski definition) is 5. The molecule has 6 nitrogen and oxygen atoms in total. The standard InChI is InChI=1S/C19H25N3O3/c1-24-16-8-10-17(11-9-16)25-19-12-7-15(14-21-19)22-18(23)6-4-2-3-5-13-20/h7-12,14H,2-6,13,20H2,1H3,(H,22,23). The summed E-state index contributed by atoms with van der Waals surface area (Å²) in [6, 6.07) is 10.7. The summed E-state index contributed by atoms with van der Waals surface area (Å²) in [4.78, 5) is 16.1. The largest absolute Gasteiger partial charge is 0.497 e. The highest BCUT2D eigenvalue weighted by atomic mass is 16.5. The number of rotatable bonds is 10. The molecule has 1 aromatic heterocycles. The molecular formula is C19H25N3O3. The second kappa shape index (κ2) is 10.3. The van der Waals surface area contributed by atoms with Crippen molar-refractivity contribution in [1.29, 1.82) is 0 Å². The predicted molar refractivity (Wildman–Crippen MR) is 98.1 cm³/mol. The molecule has 1 heterocycles. The number of amides is 1. The van der Waals surface area contributed by atoms with E-state index >= 15 is 0 Å². The molecule has 0 saturated heterocycles. The lowest BCUT2D eigenvalue weighted by Crippen LogP contribution is -2.11. The monoisotopic (exact) mass is 343 g/mol. The Labute approximate surface area is 148 Å². The van der Waals surface area contributed by atoms with E-state index in [4.69, 9.17) is 15.2 Å². The Morgan fingerprint density at radius 1 is 1.04 bits per heavy atom. The molecule has 0 radical (unpaired) electrons. The quantitative estimate of drug-likeness (QED) is 0.642. The molecule has 6 heteroatoms. The molecular weight excluding hydrogens is 318 g/mol. The zero-order valence-electron chi connectivity index (χ0n) is 14.5. The van der Waals surface area contributed by atoms with Gasteiger partial charge in [-0.25, -0.2) is 4.98 Å². The Morgan fingerprint density at radius 2 is 1.76 bits per heavy atom. The maximum Gasteiger partial charge on any atom is 0.224 e. The van der Waals surface area contributed by atoms with E-state index in [1.165, 1.54) is 0 Å². The van der Waals surface area contributed by atoms with Crippen LogP contribution in [0.1, 0.15) is 32.1 Å². The van der Waals surface area contributed by atoms with Gasteiger partial charge in [0.15, 0.2) is 0 Å². The third-order valence-electron chi connectivity index (χ3n) is 3.66. The molecule has 25 heavy (non-hydrogen) atoms. The van der Waals surface area contributed by atoms with Gasteiger partial charge < -0.3 is 20.5 Å². The Balaban J connectivity index is 1.77. The van der Waals surface area contributed by atoms with Crippen molar-refractivity contribution in [2.24, 2.45) is 5.73 Å². The van der Waals surface area contributed by atoms with Crippen molar-refractivity contribution in [3.8, 4) is 17.4 Å². The lowest BCUT2D eigenvalue weighted by Gasteiger charge is -2.08. The molecule has 0 unspecified atom stereocenters. The van der Waals surface area contributed by atoms with Gasteiger partial charge in [0.25, 0.3) is 0 Å². The maximum absolute atomic E-state index is 11.9. The number of unbranched alkanes of at least 4 members (excludes halogenated alkanes) is 3. The van der Waals surface area contributed by atoms with Crippen LogP contribution in [-0.2, 0) is 4.79 Å². The topological polar surface area (TPSA) is 86.5 Å². The molecule has 3 N–H and O–H groups in total. The number of carbonyl (C=O) groups excluding carboxylic acids is 1. The van der Waals surface area contributed by atoms with E-state index in [0.717, 1.165) is 31.4 Å². The van der Waals surface area contributed by atoms with E-state index in [1.807, 2.05) is 12.1 Å². The number of benzene rings is 1. The first-order chi connectivity index (χ1) is 12.2. The first kappa shape index (κ1) is 18.7. The highest BCUT2D eigenvalue weighted by Crippen LogP contribution is 2.23. The summed E-state index contributed by atoms with van der Waals surface area (Å²) >= 11 is 0. The SMILES string of the molecule is COc1ccc(Oc2ccc(NC(=O)CCCCCCN)cn2)cc1. The van der Waals surface area contributed by atoms with Crippen molar-refractivity contribution in [2.75, 3.05) is 19.0 Å². The number of carbonyl (C=O) groups is 1. The number of hydrogen-bond donors (Lipinski definition) is 2. The number of methoxy groups -OCH3 is 1. The lowest BCUT2D eigenvalue weighted by molar-refractivity contribution is -0.116. The number of aromatic nitrogens is 1. The van der Waals surface area contributed by atoms with Crippen LogP contribution in [0.25, 0.3) is 0 Å². The van der Waals surface area contributed by atoms with Gasteiger partial charge in [-0.2, -0.15) is 0 Å². The molecule has 0 aliphatic rings. The number of nitrogens with two attached hydrogens (primary N) is 1. The van der Waals surface area contributed by atoms with Gasteiger partial charge in [0.05, 0.1) is 19.0 Å². The minimum Gasteiger partial charge on any atom is -0.497 e. The van der Waals surface area contributed by atoms with Crippen LogP contribution in [0.5, 0.6) is 17.4 Å². The van der Waals surface area contributed by atoms with E-state index < -0.39 is 0 Å². The Morgan fingerprint density at radius 3 is 2.40 bits per heavy atom. The first-order valence-electron chi connectivity index (χ1n) is 8.49. The van der Waals surface area contributed by atoms with Crippen molar-refractivity contribution in [3.05, 3.63) is 42.6 Å². The fourth-order valence-electron chi connectivity index (χ4n) is 2.29. The lowest BCUT2D eigenvalue weighted by atomic mass is 10.1. The van der Waals surface area contributed by atoms with Gasteiger partial charge in [0, 0.05) is 12.5 Å². The molecule has 0 saturated carbocycles. The summed E-state index contributed by atoms with van der Waals surface area (Å²) in [5.74, 6) is 1.90. The number of nitrogens with zero attached hydrogens (tertiary/aromatic N) is 1. The molecule has 1 aromatic carbocycles. The molecule has 134 valence electrons. The van der Waals surface area contributed by atoms with Crippen LogP contribution in [0.2, 0.25) is 0 Å². The van der Waals surface area contributed by atoms with E-state index in [0.29, 0.717) is 30.3 Å². The van der Waals surface area contributed by atoms with Gasteiger partial charge in [-0.1, -0.05) is 12.8 Å². The zero-order valence-corrected chi connectivity index (χ0v) is 14.5. The number of pyridine rings is 1. The van der Waals surface area contributed by atoms with Crippen LogP contribution in [0.4, 0.5) is 5.69 Å². The van der Waals surface area contributed by atoms with Crippen molar-refractivity contribution in [2.45, 2.75) is 32.1 Å². The van der Waals surface area contributed by atoms with Gasteiger partial charge in [-0.15, -0.1) is 0 Å². The fraction of sp³-hybridized carbons (Fsp3) is 0.368. The molecule has 2 rings (SSSR count). The molecule has 1 amide bonds.